The van der Waals surface area contributed by atoms with E-state index in [1.54, 1.807) is 6.07 Å². The molecule has 1 aromatic heterocycles. The van der Waals surface area contributed by atoms with Crippen LogP contribution in [0, 0.1) is 0 Å². The van der Waals surface area contributed by atoms with E-state index in [-0.39, 0.29) is 12.4 Å². The van der Waals surface area contributed by atoms with Crippen LogP contribution in [0.1, 0.15) is 28.8 Å². The fourth-order valence-corrected chi connectivity index (χ4v) is 1.64. The largest absolute Gasteiger partial charge is 0.542 e. The number of hydrogen-bond acceptors (Lipinski definition) is 4. The Balaban J connectivity index is 2.07. The van der Waals surface area contributed by atoms with Gasteiger partial charge in [-0.05, 0) is 25.1 Å². The molecule has 4 nitrogen and oxygen atoms in total. The fraction of sp³-hybridized carbons (Fsp3) is 0.133. The van der Waals surface area contributed by atoms with Gasteiger partial charge < -0.3 is 19.1 Å². The minimum atomic E-state index is -1.33. The van der Waals surface area contributed by atoms with Crippen LogP contribution in [0.3, 0.4) is 0 Å². The van der Waals surface area contributed by atoms with E-state index in [1.807, 2.05) is 43.3 Å². The first-order valence-corrected chi connectivity index (χ1v) is 5.85. The Labute approximate surface area is 110 Å². The summed E-state index contributed by atoms with van der Waals surface area (Å²) in [7, 11) is 0. The van der Waals surface area contributed by atoms with Gasteiger partial charge >= 0.3 is 0 Å². The van der Waals surface area contributed by atoms with E-state index in [2.05, 4.69) is 0 Å². The van der Waals surface area contributed by atoms with E-state index in [0.717, 1.165) is 5.56 Å². The maximum Gasteiger partial charge on any atom is 0.149 e. The molecule has 0 unspecified atom stereocenters. The third kappa shape index (κ3) is 3.25. The summed E-state index contributed by atoms with van der Waals surface area (Å²) in [6, 6.07) is 10.5. The van der Waals surface area contributed by atoms with Crippen molar-refractivity contribution in [2.45, 2.75) is 13.5 Å². The van der Waals surface area contributed by atoms with Gasteiger partial charge in [-0.15, -0.1) is 0 Å². The van der Waals surface area contributed by atoms with Crippen LogP contribution in [-0.4, -0.2) is 5.97 Å². The van der Waals surface area contributed by atoms with Gasteiger partial charge in [-0.1, -0.05) is 30.4 Å². The minimum absolute atomic E-state index is 0.168. The maximum absolute atomic E-state index is 10.6. The van der Waals surface area contributed by atoms with Gasteiger partial charge in [0.25, 0.3) is 0 Å². The summed E-state index contributed by atoms with van der Waals surface area (Å²) < 4.78 is 10.7. The molecule has 1 aromatic carbocycles. The molecule has 19 heavy (non-hydrogen) atoms. The summed E-state index contributed by atoms with van der Waals surface area (Å²) in [5.41, 5.74) is 0.955. The van der Waals surface area contributed by atoms with Gasteiger partial charge in [0.05, 0.1) is 0 Å². The average molecular weight is 257 g/mol. The summed E-state index contributed by atoms with van der Waals surface area (Å²) >= 11 is 0. The van der Waals surface area contributed by atoms with Crippen LogP contribution in [0.15, 0.2) is 46.9 Å². The van der Waals surface area contributed by atoms with Gasteiger partial charge in [-0.3, -0.25) is 0 Å². The molecule has 0 fully saturated rings. The van der Waals surface area contributed by atoms with Crippen molar-refractivity contribution in [2.24, 2.45) is 0 Å². The number of carbonyl (C=O) groups excluding carboxylic acids is 1. The highest BCUT2D eigenvalue weighted by atomic mass is 16.5. The van der Waals surface area contributed by atoms with E-state index < -0.39 is 5.97 Å². The van der Waals surface area contributed by atoms with Crippen LogP contribution in [0.4, 0.5) is 0 Å². The first-order valence-electron chi connectivity index (χ1n) is 5.85. The second kappa shape index (κ2) is 5.91. The lowest BCUT2D eigenvalue weighted by Gasteiger charge is -2.07. The number of rotatable bonds is 5. The van der Waals surface area contributed by atoms with Crippen LogP contribution in [0.5, 0.6) is 5.75 Å². The highest BCUT2D eigenvalue weighted by Crippen LogP contribution is 2.21. The van der Waals surface area contributed by atoms with Gasteiger partial charge in [0.15, 0.2) is 0 Å². The molecule has 0 atom stereocenters. The van der Waals surface area contributed by atoms with Gasteiger partial charge in [0.1, 0.15) is 29.8 Å². The molecule has 0 saturated heterocycles. The Bertz CT molecular complexity index is 596. The van der Waals surface area contributed by atoms with Crippen molar-refractivity contribution in [1.82, 2.24) is 0 Å². The molecule has 98 valence electrons. The first kappa shape index (κ1) is 13.0. The summed E-state index contributed by atoms with van der Waals surface area (Å²) in [5.74, 6) is -0.373. The van der Waals surface area contributed by atoms with Crippen molar-refractivity contribution >= 4 is 12.0 Å². The topological polar surface area (TPSA) is 62.5 Å². The predicted octanol–water partition coefficient (Wildman–Crippen LogP) is 2.26. The third-order valence-electron chi connectivity index (χ3n) is 2.50. The summed E-state index contributed by atoms with van der Waals surface area (Å²) in [6.45, 7) is 2.09. The van der Waals surface area contributed by atoms with Crippen molar-refractivity contribution in [2.75, 3.05) is 0 Å². The van der Waals surface area contributed by atoms with Crippen LogP contribution in [-0.2, 0) is 6.61 Å². The predicted molar refractivity (Wildman–Crippen MR) is 68.5 cm³/mol. The molecule has 0 amide bonds. The summed E-state index contributed by atoms with van der Waals surface area (Å²) in [6.07, 6.45) is 3.85. The normalized spacial score (nSPS) is 10.8. The molecule has 4 heteroatoms. The zero-order valence-corrected chi connectivity index (χ0v) is 10.5. The van der Waals surface area contributed by atoms with Crippen molar-refractivity contribution in [3.63, 3.8) is 0 Å². The quantitative estimate of drug-likeness (QED) is 0.824. The number of carboxylic acid groups (broad SMARTS) is 1. The van der Waals surface area contributed by atoms with E-state index in [4.69, 9.17) is 9.15 Å². The Kier molecular flexibility index (Phi) is 4.03. The summed E-state index contributed by atoms with van der Waals surface area (Å²) in [5, 5.41) is 10.6. The number of allylic oxidation sites excluding steroid dienone is 1. The molecule has 0 radical (unpaired) electrons. The van der Waals surface area contributed by atoms with E-state index in [0.29, 0.717) is 11.5 Å². The maximum atomic E-state index is 10.6. The summed E-state index contributed by atoms with van der Waals surface area (Å²) in [4.78, 5) is 10.6. The molecular weight excluding hydrogens is 244 g/mol. The Morgan fingerprint density at radius 3 is 2.79 bits per heavy atom. The van der Waals surface area contributed by atoms with Crippen molar-refractivity contribution in [3.8, 4) is 5.75 Å². The zero-order chi connectivity index (χ0) is 13.7. The molecule has 0 N–H and O–H groups in total. The third-order valence-corrected chi connectivity index (χ3v) is 2.50. The fourth-order valence-electron chi connectivity index (χ4n) is 1.64. The van der Waals surface area contributed by atoms with Crippen LogP contribution >= 0.6 is 0 Å². The minimum Gasteiger partial charge on any atom is -0.542 e. The number of benzene rings is 1. The van der Waals surface area contributed by atoms with Crippen molar-refractivity contribution < 1.29 is 19.1 Å². The van der Waals surface area contributed by atoms with Gasteiger partial charge in [-0.2, -0.15) is 0 Å². The highest BCUT2D eigenvalue weighted by Gasteiger charge is 2.05. The van der Waals surface area contributed by atoms with Crippen molar-refractivity contribution in [1.29, 1.82) is 0 Å². The molecular formula is C15H13O4-. The second-order valence-corrected chi connectivity index (χ2v) is 3.88. The van der Waals surface area contributed by atoms with E-state index in [9.17, 15) is 9.90 Å². The van der Waals surface area contributed by atoms with E-state index in [1.165, 1.54) is 6.07 Å². The van der Waals surface area contributed by atoms with Crippen LogP contribution in [0.2, 0.25) is 0 Å². The molecule has 0 bridgehead atoms. The first-order chi connectivity index (χ1) is 9.20. The second-order valence-electron chi connectivity index (χ2n) is 3.88. The van der Waals surface area contributed by atoms with Gasteiger partial charge in [-0.25, -0.2) is 0 Å². The number of ether oxygens (including phenoxy) is 1. The average Bonchev–Trinajstić information content (AvgIpc) is 2.87. The van der Waals surface area contributed by atoms with Crippen molar-refractivity contribution in [3.05, 3.63) is 59.6 Å². The molecule has 0 aliphatic rings. The molecule has 0 aliphatic heterocycles. The number of para-hydroxylation sites is 1. The lowest BCUT2D eigenvalue weighted by atomic mass is 10.2. The molecule has 2 aromatic rings. The van der Waals surface area contributed by atoms with Crippen LogP contribution in [0.25, 0.3) is 6.08 Å². The van der Waals surface area contributed by atoms with Gasteiger partial charge in [0.2, 0.25) is 0 Å². The zero-order valence-electron chi connectivity index (χ0n) is 10.5. The molecule has 1 heterocycles. The Morgan fingerprint density at radius 2 is 2.11 bits per heavy atom. The van der Waals surface area contributed by atoms with Crippen LogP contribution < -0.4 is 9.84 Å². The smallest absolute Gasteiger partial charge is 0.149 e. The number of carbonyl (C=O) groups is 1. The van der Waals surface area contributed by atoms with E-state index >= 15 is 0 Å². The van der Waals surface area contributed by atoms with Gasteiger partial charge in [0, 0.05) is 5.56 Å². The lowest BCUT2D eigenvalue weighted by molar-refractivity contribution is -0.257. The Morgan fingerprint density at radius 1 is 1.32 bits per heavy atom. The lowest BCUT2D eigenvalue weighted by Crippen LogP contribution is -2.21. The molecule has 0 saturated carbocycles. The SMILES string of the molecule is C/C=C/c1ccccc1OCc1ccc(C(=O)[O-])o1. The molecule has 0 spiro atoms. The monoisotopic (exact) mass is 257 g/mol. The standard InChI is InChI=1S/C15H14O4/c1-2-5-11-6-3-4-7-13(11)18-10-12-8-9-14(19-12)15(16)17/h2-9H,10H2,1H3,(H,16,17)/p-1/b5-2+. The number of hydrogen-bond donors (Lipinski definition) is 0. The highest BCUT2D eigenvalue weighted by molar-refractivity contribution is 5.82. The number of carboxylic acids is 1. The number of aromatic carboxylic acids is 1. The Hall–Kier alpha value is -2.49. The molecule has 0 aliphatic carbocycles. The number of furan rings is 1. The molecule has 2 rings (SSSR count).